The summed E-state index contributed by atoms with van der Waals surface area (Å²) in [6.45, 7) is 8.76. The predicted molar refractivity (Wildman–Crippen MR) is 126 cm³/mol. The van der Waals surface area contributed by atoms with Gasteiger partial charge in [0, 0.05) is 56.3 Å². The number of hydrogen-bond donors (Lipinski definition) is 3. The van der Waals surface area contributed by atoms with E-state index in [-0.39, 0.29) is 42.9 Å². The summed E-state index contributed by atoms with van der Waals surface area (Å²) >= 11 is 0. The molecular formula is C24H38N4O5. The van der Waals surface area contributed by atoms with E-state index in [1.165, 1.54) is 0 Å². The van der Waals surface area contributed by atoms with Crippen LogP contribution in [-0.2, 0) is 20.7 Å². The molecule has 1 saturated heterocycles. The van der Waals surface area contributed by atoms with Gasteiger partial charge in [0.25, 0.3) is 0 Å². The van der Waals surface area contributed by atoms with Gasteiger partial charge in [0.1, 0.15) is 11.9 Å². The van der Waals surface area contributed by atoms with Crippen molar-refractivity contribution in [2.45, 2.75) is 38.8 Å². The maximum absolute atomic E-state index is 13.1. The van der Waals surface area contributed by atoms with E-state index in [9.17, 15) is 14.7 Å². The average Bonchev–Trinajstić information content (AvgIpc) is 2.86. The Morgan fingerprint density at radius 2 is 2.06 bits per heavy atom. The van der Waals surface area contributed by atoms with E-state index < -0.39 is 0 Å². The number of carbonyl (C=O) groups is 2. The van der Waals surface area contributed by atoms with E-state index in [0.29, 0.717) is 50.7 Å². The Morgan fingerprint density at radius 3 is 2.76 bits per heavy atom. The number of carbonyl (C=O) groups excluding carboxylic acids is 2. The van der Waals surface area contributed by atoms with Crippen LogP contribution in [0.25, 0.3) is 0 Å². The van der Waals surface area contributed by atoms with E-state index in [1.54, 1.807) is 4.90 Å². The number of rotatable bonds is 8. The number of nitrogens with one attached hydrogen (secondary N) is 2. The van der Waals surface area contributed by atoms with Crippen LogP contribution in [0.15, 0.2) is 18.2 Å². The summed E-state index contributed by atoms with van der Waals surface area (Å²) in [7, 11) is 1.87. The summed E-state index contributed by atoms with van der Waals surface area (Å²) in [6, 6.07) is 5.21. The third kappa shape index (κ3) is 7.14. The number of likely N-dealkylation sites (N-methyl/N-ethyl adjacent to an activating group) is 1. The molecule has 9 heteroatoms. The zero-order chi connectivity index (χ0) is 23.8. The van der Waals surface area contributed by atoms with Gasteiger partial charge in [-0.1, -0.05) is 6.92 Å². The molecule has 3 atom stereocenters. The first-order chi connectivity index (χ1) is 15.9. The lowest BCUT2D eigenvalue weighted by Gasteiger charge is -2.32. The maximum atomic E-state index is 13.1. The zero-order valence-electron chi connectivity index (χ0n) is 20.0. The first-order valence-electron chi connectivity index (χ1n) is 11.9. The number of fused-ring (bicyclic) bond motifs is 1. The lowest BCUT2D eigenvalue weighted by molar-refractivity contribution is -0.134. The molecule has 1 aromatic rings. The fraction of sp³-hybridized carbons (Fsp3) is 0.667. The number of amides is 2. The predicted octanol–water partition coefficient (Wildman–Crippen LogP) is 0.716. The lowest BCUT2D eigenvalue weighted by atomic mass is 10.0. The highest BCUT2D eigenvalue weighted by Crippen LogP contribution is 2.29. The minimum Gasteiger partial charge on any atom is -0.488 e. The van der Waals surface area contributed by atoms with Crippen molar-refractivity contribution >= 4 is 17.5 Å². The fourth-order valence-electron chi connectivity index (χ4n) is 4.26. The summed E-state index contributed by atoms with van der Waals surface area (Å²) in [5.41, 5.74) is 1.38. The summed E-state index contributed by atoms with van der Waals surface area (Å²) in [6.07, 6.45) is 0.411. The molecule has 0 bridgehead atoms. The molecule has 184 valence electrons. The third-order valence-electron chi connectivity index (χ3n) is 6.36. The number of nitrogens with zero attached hydrogens (tertiary/aromatic N) is 2. The molecular weight excluding hydrogens is 424 g/mol. The summed E-state index contributed by atoms with van der Waals surface area (Å²) in [5.74, 6) is 0.601. The van der Waals surface area contributed by atoms with Crippen molar-refractivity contribution in [2.75, 3.05) is 64.9 Å². The van der Waals surface area contributed by atoms with Crippen molar-refractivity contribution in [3.8, 4) is 5.75 Å². The van der Waals surface area contributed by atoms with Crippen LogP contribution < -0.4 is 15.4 Å². The standard InChI is InChI=1S/C24H38N4O5/c1-17-15-28(18(2)16-29)24(31)13-19-12-20(4-5-21(19)33-22(17)14-25-3)26-23(30)6-7-27-8-10-32-11-9-27/h4-5,12,17-18,22,25,29H,6-11,13-16H2,1-3H3,(H,26,30). The minimum absolute atomic E-state index is 0.0610. The van der Waals surface area contributed by atoms with Gasteiger partial charge in [-0.2, -0.15) is 0 Å². The Kier molecular flexibility index (Phi) is 9.49. The highest BCUT2D eigenvalue weighted by Gasteiger charge is 2.30. The van der Waals surface area contributed by atoms with Crippen molar-refractivity contribution in [3.63, 3.8) is 0 Å². The SMILES string of the molecule is CNCC1Oc2ccc(NC(=O)CCN3CCOCC3)cc2CC(=O)N(C(C)CO)CC1C. The number of morpholine rings is 1. The Bertz CT molecular complexity index is 799. The second kappa shape index (κ2) is 12.3. The second-order valence-corrected chi connectivity index (χ2v) is 9.02. The van der Waals surface area contributed by atoms with Crippen LogP contribution in [-0.4, -0.2) is 98.5 Å². The topological polar surface area (TPSA) is 103 Å². The molecule has 0 aliphatic carbocycles. The van der Waals surface area contributed by atoms with E-state index in [4.69, 9.17) is 9.47 Å². The van der Waals surface area contributed by atoms with E-state index >= 15 is 0 Å². The van der Waals surface area contributed by atoms with Crippen LogP contribution in [0.3, 0.4) is 0 Å². The van der Waals surface area contributed by atoms with Gasteiger partial charge >= 0.3 is 0 Å². The van der Waals surface area contributed by atoms with Gasteiger partial charge in [-0.15, -0.1) is 0 Å². The molecule has 0 spiro atoms. The van der Waals surface area contributed by atoms with Gasteiger partial charge in [0.05, 0.1) is 32.3 Å². The van der Waals surface area contributed by atoms with Crippen LogP contribution in [0.1, 0.15) is 25.8 Å². The highest BCUT2D eigenvalue weighted by atomic mass is 16.5. The van der Waals surface area contributed by atoms with Crippen molar-refractivity contribution in [3.05, 3.63) is 23.8 Å². The molecule has 3 N–H and O–H groups in total. The number of ether oxygens (including phenoxy) is 2. The first-order valence-corrected chi connectivity index (χ1v) is 11.9. The van der Waals surface area contributed by atoms with Crippen LogP contribution in [0.2, 0.25) is 0 Å². The van der Waals surface area contributed by atoms with Gasteiger partial charge in [0.15, 0.2) is 0 Å². The third-order valence-corrected chi connectivity index (χ3v) is 6.36. The second-order valence-electron chi connectivity index (χ2n) is 9.02. The molecule has 3 rings (SSSR count). The van der Waals surface area contributed by atoms with Gasteiger partial charge < -0.3 is 30.1 Å². The van der Waals surface area contributed by atoms with Crippen molar-refractivity contribution in [2.24, 2.45) is 5.92 Å². The Balaban J connectivity index is 1.74. The molecule has 1 aromatic carbocycles. The molecule has 3 unspecified atom stereocenters. The van der Waals surface area contributed by atoms with E-state index in [1.807, 2.05) is 32.2 Å². The van der Waals surface area contributed by atoms with Crippen LogP contribution >= 0.6 is 0 Å². The smallest absolute Gasteiger partial charge is 0.227 e. The number of aliphatic hydroxyl groups excluding tert-OH is 1. The van der Waals surface area contributed by atoms with Crippen LogP contribution in [0, 0.1) is 5.92 Å². The normalized spacial score (nSPS) is 23.0. The molecule has 9 nitrogen and oxygen atoms in total. The number of benzene rings is 1. The number of aliphatic hydroxyl groups is 1. The van der Waals surface area contributed by atoms with Crippen LogP contribution in [0.4, 0.5) is 5.69 Å². The molecule has 2 aliphatic heterocycles. The van der Waals surface area contributed by atoms with Crippen LogP contribution in [0.5, 0.6) is 5.75 Å². The van der Waals surface area contributed by atoms with Gasteiger partial charge in [-0.3, -0.25) is 14.5 Å². The quantitative estimate of drug-likeness (QED) is 0.523. The number of hydrogen-bond acceptors (Lipinski definition) is 7. The van der Waals surface area contributed by atoms with Gasteiger partial charge in [0.2, 0.25) is 11.8 Å². The Morgan fingerprint density at radius 1 is 1.30 bits per heavy atom. The maximum Gasteiger partial charge on any atom is 0.227 e. The monoisotopic (exact) mass is 462 g/mol. The molecule has 0 saturated carbocycles. The van der Waals surface area contributed by atoms with Gasteiger partial charge in [-0.05, 0) is 32.2 Å². The first kappa shape index (κ1) is 25.4. The molecule has 1 fully saturated rings. The summed E-state index contributed by atoms with van der Waals surface area (Å²) in [5, 5.41) is 15.8. The molecule has 2 amide bonds. The molecule has 0 aromatic heterocycles. The minimum atomic E-state index is -0.278. The zero-order valence-corrected chi connectivity index (χ0v) is 20.0. The number of anilines is 1. The van der Waals surface area contributed by atoms with E-state index in [2.05, 4.69) is 22.5 Å². The summed E-state index contributed by atoms with van der Waals surface area (Å²) < 4.78 is 11.7. The fourth-order valence-corrected chi connectivity index (χ4v) is 4.26. The summed E-state index contributed by atoms with van der Waals surface area (Å²) in [4.78, 5) is 29.6. The lowest BCUT2D eigenvalue weighted by Crippen LogP contribution is -2.47. The van der Waals surface area contributed by atoms with E-state index in [0.717, 1.165) is 18.7 Å². The van der Waals surface area contributed by atoms with Crippen molar-refractivity contribution in [1.29, 1.82) is 0 Å². The van der Waals surface area contributed by atoms with Crippen molar-refractivity contribution in [1.82, 2.24) is 15.1 Å². The van der Waals surface area contributed by atoms with Crippen molar-refractivity contribution < 1.29 is 24.2 Å². The molecule has 0 radical (unpaired) electrons. The molecule has 2 heterocycles. The Labute approximate surface area is 196 Å². The molecule has 2 aliphatic rings. The van der Waals surface area contributed by atoms with Gasteiger partial charge in [-0.25, -0.2) is 0 Å². The largest absolute Gasteiger partial charge is 0.488 e. The highest BCUT2D eigenvalue weighted by molar-refractivity contribution is 5.91. The Hall–Kier alpha value is -2.20. The molecule has 33 heavy (non-hydrogen) atoms. The average molecular weight is 463 g/mol.